The molecule has 1 aliphatic heterocycles. The maximum absolute atomic E-state index is 13.3. The van der Waals surface area contributed by atoms with Gasteiger partial charge in [-0.3, -0.25) is 0 Å². The van der Waals surface area contributed by atoms with Crippen molar-refractivity contribution in [2.45, 2.75) is 13.0 Å². The molecular formula is C15H16FN3. The van der Waals surface area contributed by atoms with E-state index >= 15 is 0 Å². The van der Waals surface area contributed by atoms with Crippen LogP contribution in [0.2, 0.25) is 0 Å². The van der Waals surface area contributed by atoms with E-state index in [4.69, 9.17) is 0 Å². The van der Waals surface area contributed by atoms with Crippen LogP contribution in [0.1, 0.15) is 6.42 Å². The lowest BCUT2D eigenvalue weighted by molar-refractivity contribution is 0.627. The number of hydrogen-bond donors (Lipinski definition) is 1. The number of aromatic nitrogens is 2. The lowest BCUT2D eigenvalue weighted by Crippen LogP contribution is -2.22. The Balaban J connectivity index is 1.88. The van der Waals surface area contributed by atoms with Crippen LogP contribution in [0.3, 0.4) is 0 Å². The van der Waals surface area contributed by atoms with Crippen molar-refractivity contribution in [3.05, 3.63) is 54.3 Å². The van der Waals surface area contributed by atoms with Crippen LogP contribution in [0.25, 0.3) is 11.3 Å². The second-order valence-corrected chi connectivity index (χ2v) is 4.73. The van der Waals surface area contributed by atoms with Gasteiger partial charge in [-0.1, -0.05) is 23.8 Å². The van der Waals surface area contributed by atoms with Gasteiger partial charge in [0.05, 0.1) is 18.2 Å². The average Bonchev–Trinajstić information content (AvgIpc) is 2.88. The Morgan fingerprint density at radius 2 is 2.32 bits per heavy atom. The van der Waals surface area contributed by atoms with Gasteiger partial charge in [0.1, 0.15) is 5.82 Å². The fourth-order valence-electron chi connectivity index (χ4n) is 2.37. The third-order valence-electron chi connectivity index (χ3n) is 3.36. The minimum atomic E-state index is -0.216. The quantitative estimate of drug-likeness (QED) is 0.857. The molecule has 19 heavy (non-hydrogen) atoms. The molecule has 3 rings (SSSR count). The molecule has 1 aromatic heterocycles. The normalized spacial score (nSPS) is 15.3. The van der Waals surface area contributed by atoms with Gasteiger partial charge in [-0.15, -0.1) is 0 Å². The van der Waals surface area contributed by atoms with Crippen LogP contribution in [0.15, 0.2) is 48.4 Å². The molecule has 4 heteroatoms. The molecule has 0 amide bonds. The van der Waals surface area contributed by atoms with Crippen molar-refractivity contribution in [2.75, 3.05) is 13.1 Å². The summed E-state index contributed by atoms with van der Waals surface area (Å²) in [6.07, 6.45) is 6.87. The first-order chi connectivity index (χ1) is 9.33. The van der Waals surface area contributed by atoms with Crippen molar-refractivity contribution in [2.24, 2.45) is 0 Å². The maximum Gasteiger partial charge on any atom is 0.123 e. The van der Waals surface area contributed by atoms with Crippen molar-refractivity contribution in [1.82, 2.24) is 14.9 Å². The van der Waals surface area contributed by atoms with E-state index in [0.29, 0.717) is 0 Å². The summed E-state index contributed by atoms with van der Waals surface area (Å²) >= 11 is 0. The number of nitrogens with zero attached hydrogens (tertiary/aromatic N) is 2. The van der Waals surface area contributed by atoms with Crippen molar-refractivity contribution in [3.63, 3.8) is 0 Å². The second kappa shape index (κ2) is 5.36. The predicted molar refractivity (Wildman–Crippen MR) is 73.2 cm³/mol. The predicted octanol–water partition coefficient (Wildman–Crippen LogP) is 2.61. The van der Waals surface area contributed by atoms with Gasteiger partial charge < -0.3 is 9.88 Å². The largest absolute Gasteiger partial charge is 0.326 e. The summed E-state index contributed by atoms with van der Waals surface area (Å²) in [4.78, 5) is 4.19. The van der Waals surface area contributed by atoms with Crippen molar-refractivity contribution in [3.8, 4) is 11.3 Å². The molecule has 0 radical (unpaired) electrons. The summed E-state index contributed by atoms with van der Waals surface area (Å²) in [6.45, 7) is 2.78. The Morgan fingerprint density at radius 3 is 3.11 bits per heavy atom. The number of hydrogen-bond acceptors (Lipinski definition) is 2. The standard InChI is InChI=1S/C15H16FN3/c16-14-3-1-2-13(8-14)15-9-18-11-19(15)10-12-4-6-17-7-5-12/h1-4,8-9,11,17H,5-7,10H2. The zero-order valence-corrected chi connectivity index (χ0v) is 10.6. The zero-order chi connectivity index (χ0) is 13.1. The fraction of sp³-hybridized carbons (Fsp3) is 0.267. The number of rotatable bonds is 3. The van der Waals surface area contributed by atoms with Gasteiger partial charge >= 0.3 is 0 Å². The summed E-state index contributed by atoms with van der Waals surface area (Å²) in [5.41, 5.74) is 3.22. The van der Waals surface area contributed by atoms with E-state index in [2.05, 4.69) is 20.9 Å². The fourth-order valence-corrected chi connectivity index (χ4v) is 2.37. The highest BCUT2D eigenvalue weighted by atomic mass is 19.1. The SMILES string of the molecule is Fc1cccc(-c2cncn2CC2=CCNCC2)c1. The first-order valence-corrected chi connectivity index (χ1v) is 6.47. The maximum atomic E-state index is 13.3. The molecule has 1 aliphatic rings. The van der Waals surface area contributed by atoms with Crippen molar-refractivity contribution >= 4 is 0 Å². The molecule has 2 aromatic rings. The number of nitrogens with one attached hydrogen (secondary N) is 1. The number of halogens is 1. The molecule has 0 spiro atoms. The molecule has 98 valence electrons. The summed E-state index contributed by atoms with van der Waals surface area (Å²) < 4.78 is 15.4. The van der Waals surface area contributed by atoms with E-state index in [-0.39, 0.29) is 5.82 Å². The summed E-state index contributed by atoms with van der Waals surface area (Å²) in [5, 5.41) is 3.30. The molecule has 0 bridgehead atoms. The van der Waals surface area contributed by atoms with Gasteiger partial charge in [-0.05, 0) is 25.1 Å². The van der Waals surface area contributed by atoms with E-state index in [1.807, 2.05) is 12.4 Å². The lowest BCUT2D eigenvalue weighted by Gasteiger charge is -2.16. The second-order valence-electron chi connectivity index (χ2n) is 4.73. The van der Waals surface area contributed by atoms with E-state index in [1.54, 1.807) is 18.3 Å². The topological polar surface area (TPSA) is 29.9 Å². The van der Waals surface area contributed by atoms with Gasteiger partial charge in [0.2, 0.25) is 0 Å². The van der Waals surface area contributed by atoms with Crippen molar-refractivity contribution in [1.29, 1.82) is 0 Å². The van der Waals surface area contributed by atoms with Gasteiger partial charge in [0, 0.05) is 18.7 Å². The monoisotopic (exact) mass is 257 g/mol. The van der Waals surface area contributed by atoms with Crippen LogP contribution >= 0.6 is 0 Å². The molecule has 0 fully saturated rings. The molecule has 2 heterocycles. The first kappa shape index (κ1) is 12.1. The minimum Gasteiger partial charge on any atom is -0.326 e. The van der Waals surface area contributed by atoms with E-state index in [1.165, 1.54) is 11.6 Å². The highest BCUT2D eigenvalue weighted by molar-refractivity contribution is 5.58. The van der Waals surface area contributed by atoms with Crippen molar-refractivity contribution < 1.29 is 4.39 Å². The Labute approximate surface area is 111 Å². The van der Waals surface area contributed by atoms with Gasteiger partial charge in [-0.25, -0.2) is 9.37 Å². The highest BCUT2D eigenvalue weighted by Gasteiger charge is 2.09. The van der Waals surface area contributed by atoms with Crippen LogP contribution in [0, 0.1) is 5.82 Å². The van der Waals surface area contributed by atoms with Crippen LogP contribution < -0.4 is 5.32 Å². The Kier molecular flexibility index (Phi) is 3.42. The Bertz CT molecular complexity index is 601. The molecule has 0 unspecified atom stereocenters. The Hall–Kier alpha value is -1.94. The van der Waals surface area contributed by atoms with Gasteiger partial charge in [-0.2, -0.15) is 0 Å². The summed E-state index contributed by atoms with van der Waals surface area (Å²) in [7, 11) is 0. The highest BCUT2D eigenvalue weighted by Crippen LogP contribution is 2.21. The summed E-state index contributed by atoms with van der Waals surface area (Å²) in [5.74, 6) is -0.216. The lowest BCUT2D eigenvalue weighted by atomic mass is 10.1. The zero-order valence-electron chi connectivity index (χ0n) is 10.6. The smallest absolute Gasteiger partial charge is 0.123 e. The van der Waals surface area contributed by atoms with Gasteiger partial charge in [0.25, 0.3) is 0 Å². The van der Waals surface area contributed by atoms with Crippen LogP contribution in [-0.2, 0) is 6.54 Å². The van der Waals surface area contributed by atoms with E-state index < -0.39 is 0 Å². The molecule has 0 aliphatic carbocycles. The van der Waals surface area contributed by atoms with E-state index in [0.717, 1.165) is 37.3 Å². The average molecular weight is 257 g/mol. The first-order valence-electron chi connectivity index (χ1n) is 6.47. The third kappa shape index (κ3) is 2.74. The van der Waals surface area contributed by atoms with E-state index in [9.17, 15) is 4.39 Å². The number of benzene rings is 1. The molecule has 1 N–H and O–H groups in total. The molecule has 3 nitrogen and oxygen atoms in total. The number of imidazole rings is 1. The molecular weight excluding hydrogens is 241 g/mol. The molecule has 0 atom stereocenters. The molecule has 0 saturated carbocycles. The molecule has 1 aromatic carbocycles. The van der Waals surface area contributed by atoms with Crippen LogP contribution in [-0.4, -0.2) is 22.6 Å². The summed E-state index contributed by atoms with van der Waals surface area (Å²) in [6, 6.07) is 6.64. The molecule has 0 saturated heterocycles. The minimum absolute atomic E-state index is 0.216. The van der Waals surface area contributed by atoms with Crippen LogP contribution in [0.4, 0.5) is 4.39 Å². The Morgan fingerprint density at radius 1 is 1.37 bits per heavy atom. The third-order valence-corrected chi connectivity index (χ3v) is 3.36. The van der Waals surface area contributed by atoms with Gasteiger partial charge in [0.15, 0.2) is 0 Å². The van der Waals surface area contributed by atoms with Crippen LogP contribution in [0.5, 0.6) is 0 Å².